The molecule has 0 N–H and O–H groups in total. The van der Waals surface area contributed by atoms with Crippen LogP contribution in [0.3, 0.4) is 0 Å². The highest BCUT2D eigenvalue weighted by Crippen LogP contribution is 2.42. The molecule has 2 aromatic rings. The quantitative estimate of drug-likeness (QED) is 0.812. The fraction of sp³-hybridized carbons (Fsp3) is 0.353. The molecule has 0 radical (unpaired) electrons. The lowest BCUT2D eigenvalue weighted by Crippen LogP contribution is -2.42. The number of carbonyl (C=O) groups excluding carboxylic acids is 1. The summed E-state index contributed by atoms with van der Waals surface area (Å²) in [5.74, 6) is -0.351. The van der Waals surface area contributed by atoms with Gasteiger partial charge < -0.3 is 9.30 Å². The summed E-state index contributed by atoms with van der Waals surface area (Å²) < 4.78 is 7.36. The summed E-state index contributed by atoms with van der Waals surface area (Å²) >= 11 is 6.40. The first-order chi connectivity index (χ1) is 11.0. The van der Waals surface area contributed by atoms with E-state index in [0.29, 0.717) is 29.0 Å². The predicted octanol–water partition coefficient (Wildman–Crippen LogP) is 3.05. The number of nitriles is 1. The highest BCUT2D eigenvalue weighted by Gasteiger charge is 2.49. The maximum Gasteiger partial charge on any atom is 0.337 e. The van der Waals surface area contributed by atoms with Gasteiger partial charge in [0.05, 0.1) is 24.1 Å². The smallest absolute Gasteiger partial charge is 0.337 e. The van der Waals surface area contributed by atoms with Crippen LogP contribution >= 0.6 is 11.6 Å². The molecule has 0 spiro atoms. The first-order valence-electron chi connectivity index (χ1n) is 7.42. The van der Waals surface area contributed by atoms with Crippen molar-refractivity contribution < 1.29 is 9.53 Å². The van der Waals surface area contributed by atoms with Crippen molar-refractivity contribution in [1.29, 1.82) is 5.26 Å². The van der Waals surface area contributed by atoms with E-state index < -0.39 is 5.54 Å². The van der Waals surface area contributed by atoms with Gasteiger partial charge in [0, 0.05) is 22.5 Å². The summed E-state index contributed by atoms with van der Waals surface area (Å²) in [5.41, 5.74) is 1.03. The molecular formula is C17H16ClN3O2. The lowest BCUT2D eigenvalue weighted by atomic mass is 9.87. The van der Waals surface area contributed by atoms with Crippen LogP contribution in [0.15, 0.2) is 30.7 Å². The molecule has 2 heterocycles. The number of imidazole rings is 1. The third-order valence-corrected chi connectivity index (χ3v) is 4.41. The van der Waals surface area contributed by atoms with Gasteiger partial charge in [0.2, 0.25) is 0 Å². The number of halogens is 1. The topological polar surface area (TPSA) is 67.9 Å². The van der Waals surface area contributed by atoms with E-state index in [-0.39, 0.29) is 12.1 Å². The van der Waals surface area contributed by atoms with Gasteiger partial charge in [-0.25, -0.2) is 9.78 Å². The fourth-order valence-electron chi connectivity index (χ4n) is 3.09. The Morgan fingerprint density at radius 1 is 1.52 bits per heavy atom. The van der Waals surface area contributed by atoms with Crippen LogP contribution in [0.5, 0.6) is 0 Å². The van der Waals surface area contributed by atoms with Crippen molar-refractivity contribution in [3.05, 3.63) is 52.6 Å². The summed E-state index contributed by atoms with van der Waals surface area (Å²) in [6.45, 7) is 3.63. The normalized spacial score (nSPS) is 19.4. The Kier molecular flexibility index (Phi) is 3.87. The Balaban J connectivity index is 2.19. The van der Waals surface area contributed by atoms with Gasteiger partial charge in [-0.15, -0.1) is 0 Å². The van der Waals surface area contributed by atoms with Crippen LogP contribution in [-0.2, 0) is 21.5 Å². The number of nitrogens with zero attached hydrogens (tertiary/aromatic N) is 3. The first kappa shape index (κ1) is 15.6. The minimum Gasteiger partial charge on any atom is -0.461 e. The Morgan fingerprint density at radius 3 is 2.96 bits per heavy atom. The molecule has 1 aromatic carbocycles. The van der Waals surface area contributed by atoms with Crippen LogP contribution in [0.1, 0.15) is 37.1 Å². The van der Waals surface area contributed by atoms with Gasteiger partial charge in [0.15, 0.2) is 5.54 Å². The third-order valence-electron chi connectivity index (χ3n) is 4.09. The van der Waals surface area contributed by atoms with Crippen molar-refractivity contribution in [2.75, 3.05) is 0 Å². The van der Waals surface area contributed by atoms with Gasteiger partial charge in [-0.2, -0.15) is 5.26 Å². The summed E-state index contributed by atoms with van der Waals surface area (Å²) in [6, 6.07) is 7.03. The van der Waals surface area contributed by atoms with Gasteiger partial charge >= 0.3 is 5.97 Å². The molecule has 1 aliphatic heterocycles. The minimum atomic E-state index is -1.03. The first-order valence-corrected chi connectivity index (χ1v) is 7.79. The largest absolute Gasteiger partial charge is 0.461 e. The predicted molar refractivity (Wildman–Crippen MR) is 85.0 cm³/mol. The molecule has 0 bridgehead atoms. The molecule has 0 aliphatic carbocycles. The number of hydrogen-bond acceptors (Lipinski definition) is 4. The lowest BCUT2D eigenvalue weighted by Gasteiger charge is -2.31. The zero-order valence-electron chi connectivity index (χ0n) is 12.9. The summed E-state index contributed by atoms with van der Waals surface area (Å²) in [7, 11) is 0. The van der Waals surface area contributed by atoms with Crippen molar-refractivity contribution in [2.45, 2.75) is 38.3 Å². The van der Waals surface area contributed by atoms with E-state index in [4.69, 9.17) is 21.6 Å². The Bertz CT molecular complexity index is 806. The van der Waals surface area contributed by atoms with E-state index in [1.807, 2.05) is 18.4 Å². The number of hydrogen-bond donors (Lipinski definition) is 0. The minimum absolute atomic E-state index is 0.232. The van der Waals surface area contributed by atoms with Crippen molar-refractivity contribution in [3.63, 3.8) is 0 Å². The third kappa shape index (κ3) is 2.40. The van der Waals surface area contributed by atoms with E-state index in [2.05, 4.69) is 11.1 Å². The molecule has 6 heteroatoms. The molecule has 1 aliphatic rings. The van der Waals surface area contributed by atoms with Crippen LogP contribution < -0.4 is 0 Å². The van der Waals surface area contributed by atoms with Crippen molar-refractivity contribution in [3.8, 4) is 6.07 Å². The number of rotatable bonds is 3. The summed E-state index contributed by atoms with van der Waals surface area (Å²) in [4.78, 5) is 17.1. The summed E-state index contributed by atoms with van der Waals surface area (Å²) in [6.07, 6.45) is 4.43. The zero-order valence-corrected chi connectivity index (χ0v) is 13.7. The number of aromatic nitrogens is 2. The Morgan fingerprint density at radius 2 is 2.30 bits per heavy atom. The van der Waals surface area contributed by atoms with Crippen molar-refractivity contribution in [2.24, 2.45) is 0 Å². The average molecular weight is 330 g/mol. The molecular weight excluding hydrogens is 314 g/mol. The molecule has 23 heavy (non-hydrogen) atoms. The molecule has 0 fully saturated rings. The second-order valence-electron chi connectivity index (χ2n) is 5.88. The number of fused-ring (bicyclic) bond motifs is 1. The van der Waals surface area contributed by atoms with E-state index in [1.165, 1.54) is 0 Å². The number of ether oxygens (including phenoxy) is 1. The van der Waals surface area contributed by atoms with E-state index in [0.717, 1.165) is 5.69 Å². The maximum atomic E-state index is 13.0. The monoisotopic (exact) mass is 329 g/mol. The zero-order chi connectivity index (χ0) is 16.6. The van der Waals surface area contributed by atoms with Gasteiger partial charge in [-0.3, -0.25) is 0 Å². The second-order valence-corrected chi connectivity index (χ2v) is 6.28. The molecule has 1 unspecified atom stereocenters. The SMILES string of the molecule is CC(C)OC(=O)C1(c2ccc(C#N)cc2Cl)CCc2cncn21. The van der Waals surface area contributed by atoms with E-state index in [9.17, 15) is 4.79 Å². The fourth-order valence-corrected chi connectivity index (χ4v) is 3.42. The number of esters is 1. The van der Waals surface area contributed by atoms with Gasteiger partial charge in [0.1, 0.15) is 0 Å². The Hall–Kier alpha value is -2.32. The molecule has 0 saturated heterocycles. The number of carbonyl (C=O) groups is 1. The van der Waals surface area contributed by atoms with Gasteiger partial charge in [-0.05, 0) is 38.8 Å². The van der Waals surface area contributed by atoms with Crippen molar-refractivity contribution >= 4 is 17.6 Å². The van der Waals surface area contributed by atoms with Crippen LogP contribution in [0.2, 0.25) is 5.02 Å². The van der Waals surface area contributed by atoms with Gasteiger partial charge in [-0.1, -0.05) is 17.7 Å². The van der Waals surface area contributed by atoms with Crippen LogP contribution in [0, 0.1) is 11.3 Å². The van der Waals surface area contributed by atoms with Crippen LogP contribution in [-0.4, -0.2) is 21.6 Å². The highest BCUT2D eigenvalue weighted by atomic mass is 35.5. The summed E-state index contributed by atoms with van der Waals surface area (Å²) in [5, 5.41) is 9.40. The number of benzene rings is 1. The molecule has 3 rings (SSSR count). The van der Waals surface area contributed by atoms with Crippen LogP contribution in [0.25, 0.3) is 0 Å². The van der Waals surface area contributed by atoms with Gasteiger partial charge in [0.25, 0.3) is 0 Å². The van der Waals surface area contributed by atoms with Crippen molar-refractivity contribution in [1.82, 2.24) is 9.55 Å². The average Bonchev–Trinajstić information content (AvgIpc) is 3.09. The maximum absolute atomic E-state index is 13.0. The van der Waals surface area contributed by atoms with E-state index in [1.54, 1.807) is 30.7 Å². The molecule has 118 valence electrons. The molecule has 0 amide bonds. The molecule has 5 nitrogen and oxygen atoms in total. The molecule has 1 aromatic heterocycles. The number of aryl methyl sites for hydroxylation is 1. The molecule has 1 atom stereocenters. The van der Waals surface area contributed by atoms with Crippen LogP contribution in [0.4, 0.5) is 0 Å². The van der Waals surface area contributed by atoms with E-state index >= 15 is 0 Å². The lowest BCUT2D eigenvalue weighted by molar-refractivity contribution is -0.155. The second kappa shape index (κ2) is 5.71. The standard InChI is InChI=1S/C17H16ClN3O2/c1-11(2)23-16(22)17(6-5-13-9-20-10-21(13)17)14-4-3-12(8-19)7-15(14)18/h3-4,7,9-11H,5-6H2,1-2H3. The highest BCUT2D eigenvalue weighted by molar-refractivity contribution is 6.31. The molecule has 0 saturated carbocycles. The Labute approximate surface area is 139 Å².